The van der Waals surface area contributed by atoms with Gasteiger partial charge in [-0.2, -0.15) is 0 Å². The summed E-state index contributed by atoms with van der Waals surface area (Å²) >= 11 is 0. The van der Waals surface area contributed by atoms with Crippen LogP contribution >= 0.6 is 0 Å². The lowest BCUT2D eigenvalue weighted by atomic mass is 9.68. The minimum Gasteiger partial charge on any atom is -0.508 e. The van der Waals surface area contributed by atoms with E-state index in [-0.39, 0.29) is 37.2 Å². The van der Waals surface area contributed by atoms with Gasteiger partial charge in [0.05, 0.1) is 31.2 Å². The van der Waals surface area contributed by atoms with Crippen LogP contribution in [-0.2, 0) is 9.59 Å². The number of aliphatic hydroxyl groups excluding tert-OH is 3. The van der Waals surface area contributed by atoms with Crippen LogP contribution in [0.5, 0.6) is 5.75 Å². The lowest BCUT2D eigenvalue weighted by molar-refractivity contribution is -0.140. The summed E-state index contributed by atoms with van der Waals surface area (Å²) in [6.07, 6.45) is 3.64. The fourth-order valence-electron chi connectivity index (χ4n) is 5.29. The normalized spacial score (nSPS) is 24.5. The molecule has 1 aromatic rings. The van der Waals surface area contributed by atoms with Crippen LogP contribution in [0.4, 0.5) is 0 Å². The molecular formula is C26H35NO6. The van der Waals surface area contributed by atoms with Crippen molar-refractivity contribution in [3.63, 3.8) is 0 Å². The van der Waals surface area contributed by atoms with E-state index < -0.39 is 23.9 Å². The molecule has 0 spiro atoms. The first kappa shape index (κ1) is 25.1. The van der Waals surface area contributed by atoms with Crippen LogP contribution in [-0.4, -0.2) is 63.0 Å². The van der Waals surface area contributed by atoms with Gasteiger partial charge in [-0.25, -0.2) is 0 Å². The predicted molar refractivity (Wildman–Crippen MR) is 125 cm³/mol. The number of rotatable bonds is 10. The Morgan fingerprint density at radius 1 is 1.21 bits per heavy atom. The van der Waals surface area contributed by atoms with Gasteiger partial charge >= 0.3 is 0 Å². The lowest BCUT2D eigenvalue weighted by Crippen LogP contribution is -2.39. The van der Waals surface area contributed by atoms with Crippen molar-refractivity contribution in [2.24, 2.45) is 17.8 Å². The third-order valence-corrected chi connectivity index (χ3v) is 6.90. The van der Waals surface area contributed by atoms with E-state index in [0.29, 0.717) is 37.0 Å². The molecule has 33 heavy (non-hydrogen) atoms. The molecule has 0 radical (unpaired) electrons. The molecule has 0 aromatic heterocycles. The SMILES string of the molecule is CCCN1C(=O)[C@@H]2[C@@H](CC(CO)=C([C@H](O)CC/C(=C/c3cccc(O)c3)CC)[C@@H]2CO)C1=O. The Balaban J connectivity index is 1.82. The van der Waals surface area contributed by atoms with E-state index in [1.165, 1.54) is 4.90 Å². The number of hydrogen-bond donors (Lipinski definition) is 4. The van der Waals surface area contributed by atoms with Gasteiger partial charge in [-0.3, -0.25) is 14.5 Å². The van der Waals surface area contributed by atoms with Gasteiger partial charge < -0.3 is 20.4 Å². The average Bonchev–Trinajstić information content (AvgIpc) is 3.05. The smallest absolute Gasteiger partial charge is 0.233 e. The van der Waals surface area contributed by atoms with Gasteiger partial charge in [-0.15, -0.1) is 0 Å². The van der Waals surface area contributed by atoms with Gasteiger partial charge in [0, 0.05) is 12.5 Å². The quantitative estimate of drug-likeness (QED) is 0.317. The first-order chi connectivity index (χ1) is 15.9. The van der Waals surface area contributed by atoms with Gasteiger partial charge in [0.1, 0.15) is 5.75 Å². The summed E-state index contributed by atoms with van der Waals surface area (Å²) in [5, 5.41) is 41.0. The number of aromatic hydroxyl groups is 1. The molecule has 7 nitrogen and oxygen atoms in total. The fourth-order valence-corrected chi connectivity index (χ4v) is 5.29. The molecule has 0 unspecified atom stereocenters. The summed E-state index contributed by atoms with van der Waals surface area (Å²) in [5.41, 5.74) is 3.02. The first-order valence-electron chi connectivity index (χ1n) is 11.8. The second-order valence-corrected chi connectivity index (χ2v) is 8.98. The van der Waals surface area contributed by atoms with E-state index in [1.807, 2.05) is 26.0 Å². The molecular weight excluding hydrogens is 422 g/mol. The Labute approximate surface area is 195 Å². The number of nitrogens with zero attached hydrogens (tertiary/aromatic N) is 1. The van der Waals surface area contributed by atoms with Crippen molar-refractivity contribution in [2.45, 2.75) is 52.1 Å². The summed E-state index contributed by atoms with van der Waals surface area (Å²) in [4.78, 5) is 27.1. The van der Waals surface area contributed by atoms with Crippen molar-refractivity contribution in [3.8, 4) is 5.75 Å². The third-order valence-electron chi connectivity index (χ3n) is 6.90. The number of likely N-dealkylation sites (tertiary alicyclic amines) is 1. The topological polar surface area (TPSA) is 118 Å². The van der Waals surface area contributed by atoms with Crippen molar-refractivity contribution in [1.29, 1.82) is 0 Å². The molecule has 3 rings (SSSR count). The lowest BCUT2D eigenvalue weighted by Gasteiger charge is -2.36. The monoisotopic (exact) mass is 457 g/mol. The molecule has 0 bridgehead atoms. The van der Waals surface area contributed by atoms with E-state index >= 15 is 0 Å². The Morgan fingerprint density at radius 2 is 1.97 bits per heavy atom. The van der Waals surface area contributed by atoms with Crippen molar-refractivity contribution >= 4 is 17.9 Å². The summed E-state index contributed by atoms with van der Waals surface area (Å²) in [7, 11) is 0. The number of phenols is 1. The zero-order valence-corrected chi connectivity index (χ0v) is 19.4. The van der Waals surface area contributed by atoms with Crippen LogP contribution in [0.2, 0.25) is 0 Å². The predicted octanol–water partition coefficient (Wildman–Crippen LogP) is 2.64. The van der Waals surface area contributed by atoms with E-state index in [9.17, 15) is 30.0 Å². The number of hydrogen-bond acceptors (Lipinski definition) is 6. The number of imide groups is 1. The number of carbonyl (C=O) groups is 2. The van der Waals surface area contributed by atoms with Crippen LogP contribution in [0.3, 0.4) is 0 Å². The average molecular weight is 458 g/mol. The number of amides is 2. The first-order valence-corrected chi connectivity index (χ1v) is 11.8. The molecule has 1 saturated heterocycles. The molecule has 1 aliphatic heterocycles. The Hall–Kier alpha value is -2.48. The maximum atomic E-state index is 13.0. The number of carbonyl (C=O) groups excluding carboxylic acids is 2. The summed E-state index contributed by atoms with van der Waals surface area (Å²) in [5.74, 6) is -2.30. The molecule has 1 heterocycles. The molecule has 4 N–H and O–H groups in total. The largest absolute Gasteiger partial charge is 0.508 e. The highest BCUT2D eigenvalue weighted by atomic mass is 16.3. The molecule has 2 amide bonds. The maximum Gasteiger partial charge on any atom is 0.233 e. The number of fused-ring (bicyclic) bond motifs is 1. The van der Waals surface area contributed by atoms with Crippen molar-refractivity contribution in [3.05, 3.63) is 46.5 Å². The zero-order valence-electron chi connectivity index (χ0n) is 19.4. The molecule has 0 saturated carbocycles. The highest BCUT2D eigenvalue weighted by Crippen LogP contribution is 2.46. The Bertz CT molecular complexity index is 936. The van der Waals surface area contributed by atoms with Gasteiger partial charge in [0.2, 0.25) is 11.8 Å². The van der Waals surface area contributed by atoms with E-state index in [2.05, 4.69) is 0 Å². The van der Waals surface area contributed by atoms with Gasteiger partial charge in [-0.05, 0) is 60.9 Å². The maximum absolute atomic E-state index is 13.0. The standard InChI is InChI=1S/C26H35NO6/c1-3-10-27-25(32)20-13-18(14-28)23(21(15-29)24(20)26(27)33)22(31)9-8-16(4-2)11-17-6-5-7-19(30)12-17/h5-7,11-12,20-22,24,28-31H,3-4,8-10,13-15H2,1-2H3/b16-11+/t20-,21+,22-,24-/m1/s1. The summed E-state index contributed by atoms with van der Waals surface area (Å²) in [6, 6.07) is 6.95. The van der Waals surface area contributed by atoms with E-state index in [0.717, 1.165) is 17.6 Å². The molecule has 1 fully saturated rings. The second-order valence-electron chi connectivity index (χ2n) is 8.98. The molecule has 1 aliphatic carbocycles. The van der Waals surface area contributed by atoms with Crippen LogP contribution in [0.1, 0.15) is 51.5 Å². The molecule has 4 atom stereocenters. The molecule has 7 heteroatoms. The van der Waals surface area contributed by atoms with Crippen LogP contribution in [0.25, 0.3) is 6.08 Å². The number of phenolic OH excluding ortho intramolecular Hbond substituents is 1. The number of allylic oxidation sites excluding steroid dienone is 1. The Kier molecular flexibility index (Phi) is 8.46. The second kappa shape index (κ2) is 11.1. The minimum absolute atomic E-state index is 0.187. The van der Waals surface area contributed by atoms with Crippen molar-refractivity contribution < 1.29 is 30.0 Å². The van der Waals surface area contributed by atoms with Gasteiger partial charge in [-0.1, -0.05) is 37.6 Å². The summed E-state index contributed by atoms with van der Waals surface area (Å²) in [6.45, 7) is 3.58. The van der Waals surface area contributed by atoms with Crippen LogP contribution in [0.15, 0.2) is 41.0 Å². The Morgan fingerprint density at radius 3 is 2.58 bits per heavy atom. The fraction of sp³-hybridized carbons (Fsp3) is 0.538. The molecule has 2 aliphatic rings. The zero-order chi connectivity index (χ0) is 24.1. The molecule has 180 valence electrons. The van der Waals surface area contributed by atoms with Crippen molar-refractivity contribution in [1.82, 2.24) is 4.90 Å². The number of aliphatic hydroxyl groups is 3. The van der Waals surface area contributed by atoms with Crippen LogP contribution < -0.4 is 0 Å². The van der Waals surface area contributed by atoms with E-state index in [4.69, 9.17) is 0 Å². The highest BCUT2D eigenvalue weighted by molar-refractivity contribution is 6.05. The van der Waals surface area contributed by atoms with Crippen LogP contribution in [0, 0.1) is 17.8 Å². The molecule has 1 aromatic carbocycles. The van der Waals surface area contributed by atoms with Crippen molar-refractivity contribution in [2.75, 3.05) is 19.8 Å². The minimum atomic E-state index is -0.937. The van der Waals surface area contributed by atoms with E-state index in [1.54, 1.807) is 18.2 Å². The van der Waals surface area contributed by atoms with Gasteiger partial charge in [0.25, 0.3) is 0 Å². The third kappa shape index (κ3) is 5.21. The summed E-state index contributed by atoms with van der Waals surface area (Å²) < 4.78 is 0. The number of benzene rings is 1. The van der Waals surface area contributed by atoms with Gasteiger partial charge in [0.15, 0.2) is 0 Å². The highest BCUT2D eigenvalue weighted by Gasteiger charge is 2.54.